The van der Waals surface area contributed by atoms with Gasteiger partial charge in [-0.2, -0.15) is 0 Å². The van der Waals surface area contributed by atoms with Gasteiger partial charge in [-0.15, -0.1) is 0 Å². The minimum Gasteiger partial charge on any atom is -0.392 e. The molecule has 5 heteroatoms. The number of halogens is 1. The van der Waals surface area contributed by atoms with Gasteiger partial charge >= 0.3 is 0 Å². The Labute approximate surface area is 113 Å². The van der Waals surface area contributed by atoms with Crippen molar-refractivity contribution in [3.05, 3.63) is 30.1 Å². The van der Waals surface area contributed by atoms with Gasteiger partial charge in [0.05, 0.1) is 6.10 Å². The highest BCUT2D eigenvalue weighted by atomic mass is 19.1. The lowest BCUT2D eigenvalue weighted by Crippen LogP contribution is -2.47. The van der Waals surface area contributed by atoms with Gasteiger partial charge < -0.3 is 15.7 Å². The zero-order valence-corrected chi connectivity index (χ0v) is 11.1. The van der Waals surface area contributed by atoms with Crippen molar-refractivity contribution in [3.63, 3.8) is 0 Å². The second-order valence-corrected chi connectivity index (χ2v) is 4.98. The minimum absolute atomic E-state index is 0.196. The number of hydrogen-bond acceptors (Lipinski definition) is 4. The first-order chi connectivity index (χ1) is 9.19. The molecule has 0 bridgehead atoms. The van der Waals surface area contributed by atoms with Crippen molar-refractivity contribution >= 4 is 5.69 Å². The summed E-state index contributed by atoms with van der Waals surface area (Å²) < 4.78 is 12.9. The van der Waals surface area contributed by atoms with Crippen LogP contribution in [0.2, 0.25) is 0 Å². The summed E-state index contributed by atoms with van der Waals surface area (Å²) in [5.74, 6) is -0.196. The Morgan fingerprint density at radius 1 is 1.16 bits per heavy atom. The van der Waals surface area contributed by atoms with E-state index in [0.29, 0.717) is 6.54 Å². The van der Waals surface area contributed by atoms with Gasteiger partial charge in [0.25, 0.3) is 0 Å². The van der Waals surface area contributed by atoms with Crippen LogP contribution in [0, 0.1) is 5.82 Å². The Hall–Kier alpha value is -1.17. The summed E-state index contributed by atoms with van der Waals surface area (Å²) in [7, 11) is 0. The fourth-order valence-corrected chi connectivity index (χ4v) is 2.33. The fraction of sp³-hybridized carbons (Fsp3) is 0.571. The van der Waals surface area contributed by atoms with Gasteiger partial charge in [0.1, 0.15) is 5.82 Å². The molecule has 1 atom stereocenters. The number of rotatable bonds is 5. The summed E-state index contributed by atoms with van der Waals surface area (Å²) in [4.78, 5) is 4.59. The normalized spacial score (nSPS) is 18.6. The van der Waals surface area contributed by atoms with E-state index in [1.54, 1.807) is 0 Å². The summed E-state index contributed by atoms with van der Waals surface area (Å²) in [6.07, 6.45) is 0.336. The maximum atomic E-state index is 12.9. The number of hydrogen-bond donors (Lipinski definition) is 2. The van der Waals surface area contributed by atoms with Crippen LogP contribution < -0.4 is 10.6 Å². The van der Waals surface area contributed by atoms with Crippen LogP contribution in [0.5, 0.6) is 0 Å². The molecule has 1 aromatic rings. The standard InChI is InChI=1S/C14H22FN3O/c15-12-1-3-13(4-2-12)18-9-7-17(8-10-18)6-5-14(19)11-16/h1-4,14,19H,5-11,16H2. The third-order valence-corrected chi connectivity index (χ3v) is 3.61. The van der Waals surface area contributed by atoms with Crippen molar-refractivity contribution in [1.82, 2.24) is 4.90 Å². The molecule has 2 rings (SSSR count). The highest BCUT2D eigenvalue weighted by molar-refractivity contribution is 5.46. The predicted molar refractivity (Wildman–Crippen MR) is 74.7 cm³/mol. The van der Waals surface area contributed by atoms with Crippen molar-refractivity contribution in [1.29, 1.82) is 0 Å². The van der Waals surface area contributed by atoms with E-state index in [1.165, 1.54) is 12.1 Å². The topological polar surface area (TPSA) is 52.7 Å². The molecular weight excluding hydrogens is 245 g/mol. The number of nitrogens with zero attached hydrogens (tertiary/aromatic N) is 2. The molecule has 1 saturated heterocycles. The molecule has 0 amide bonds. The monoisotopic (exact) mass is 267 g/mol. The Balaban J connectivity index is 1.77. The molecule has 0 radical (unpaired) electrons. The highest BCUT2D eigenvalue weighted by Crippen LogP contribution is 2.16. The second kappa shape index (κ2) is 6.84. The molecule has 1 unspecified atom stereocenters. The molecule has 1 heterocycles. The Bertz CT molecular complexity index is 377. The summed E-state index contributed by atoms with van der Waals surface area (Å²) in [6.45, 7) is 5.02. The fourth-order valence-electron chi connectivity index (χ4n) is 2.33. The number of aliphatic hydroxyl groups excluding tert-OH is 1. The SMILES string of the molecule is NCC(O)CCN1CCN(c2ccc(F)cc2)CC1. The van der Waals surface area contributed by atoms with Crippen molar-refractivity contribution < 1.29 is 9.50 Å². The van der Waals surface area contributed by atoms with Gasteiger partial charge in [-0.25, -0.2) is 4.39 Å². The van der Waals surface area contributed by atoms with Gasteiger partial charge in [-0.1, -0.05) is 0 Å². The van der Waals surface area contributed by atoms with Gasteiger partial charge in [-0.3, -0.25) is 4.90 Å². The van der Waals surface area contributed by atoms with Crippen LogP contribution in [0.25, 0.3) is 0 Å². The first-order valence-corrected chi connectivity index (χ1v) is 6.80. The molecular formula is C14H22FN3O. The maximum absolute atomic E-state index is 12.9. The van der Waals surface area contributed by atoms with Gasteiger partial charge in [0.15, 0.2) is 0 Å². The van der Waals surface area contributed by atoms with Crippen LogP contribution in [-0.4, -0.2) is 55.4 Å². The zero-order chi connectivity index (χ0) is 13.7. The van der Waals surface area contributed by atoms with E-state index < -0.39 is 6.10 Å². The lowest BCUT2D eigenvalue weighted by molar-refractivity contribution is 0.144. The molecule has 1 aromatic carbocycles. The van der Waals surface area contributed by atoms with Crippen LogP contribution in [0.3, 0.4) is 0 Å². The number of anilines is 1. The van der Waals surface area contributed by atoms with Crippen LogP contribution in [0.4, 0.5) is 10.1 Å². The Kier molecular flexibility index (Phi) is 5.13. The molecule has 0 spiro atoms. The molecule has 4 nitrogen and oxygen atoms in total. The van der Waals surface area contributed by atoms with E-state index in [-0.39, 0.29) is 5.82 Å². The summed E-state index contributed by atoms with van der Waals surface area (Å²) in [5, 5.41) is 9.45. The molecule has 1 aliphatic heterocycles. The maximum Gasteiger partial charge on any atom is 0.123 e. The first kappa shape index (κ1) is 14.2. The van der Waals surface area contributed by atoms with Crippen LogP contribution in [-0.2, 0) is 0 Å². The van der Waals surface area contributed by atoms with Crippen molar-refractivity contribution in [2.75, 3.05) is 44.2 Å². The Morgan fingerprint density at radius 3 is 2.37 bits per heavy atom. The number of nitrogens with two attached hydrogens (primary N) is 1. The number of benzene rings is 1. The molecule has 1 aliphatic rings. The summed E-state index contributed by atoms with van der Waals surface area (Å²) in [6, 6.07) is 6.64. The highest BCUT2D eigenvalue weighted by Gasteiger charge is 2.17. The lowest BCUT2D eigenvalue weighted by atomic mass is 10.2. The van der Waals surface area contributed by atoms with Crippen LogP contribution in [0.1, 0.15) is 6.42 Å². The lowest BCUT2D eigenvalue weighted by Gasteiger charge is -2.36. The molecule has 0 saturated carbocycles. The van der Waals surface area contributed by atoms with Crippen molar-refractivity contribution in [3.8, 4) is 0 Å². The Morgan fingerprint density at radius 2 is 1.79 bits per heavy atom. The largest absolute Gasteiger partial charge is 0.392 e. The van der Waals surface area contributed by atoms with E-state index in [1.807, 2.05) is 12.1 Å². The van der Waals surface area contributed by atoms with Gasteiger partial charge in [0, 0.05) is 45.0 Å². The van der Waals surface area contributed by atoms with Crippen molar-refractivity contribution in [2.24, 2.45) is 5.73 Å². The zero-order valence-electron chi connectivity index (χ0n) is 11.1. The quantitative estimate of drug-likeness (QED) is 0.823. The molecule has 19 heavy (non-hydrogen) atoms. The smallest absolute Gasteiger partial charge is 0.123 e. The van der Waals surface area contributed by atoms with E-state index >= 15 is 0 Å². The van der Waals surface area contributed by atoms with Crippen LogP contribution >= 0.6 is 0 Å². The van der Waals surface area contributed by atoms with Gasteiger partial charge in [0.2, 0.25) is 0 Å². The van der Waals surface area contributed by atoms with Gasteiger partial charge in [-0.05, 0) is 30.7 Å². The average Bonchev–Trinajstić information content (AvgIpc) is 2.46. The molecule has 106 valence electrons. The third-order valence-electron chi connectivity index (χ3n) is 3.61. The van der Waals surface area contributed by atoms with E-state index in [4.69, 9.17) is 5.73 Å². The van der Waals surface area contributed by atoms with E-state index in [0.717, 1.165) is 44.8 Å². The number of piperazine rings is 1. The third kappa shape index (κ3) is 4.16. The summed E-state index contributed by atoms with van der Waals surface area (Å²) >= 11 is 0. The predicted octanol–water partition coefficient (Wildman–Crippen LogP) is 0.657. The van der Waals surface area contributed by atoms with E-state index in [2.05, 4.69) is 9.80 Å². The summed E-state index contributed by atoms with van der Waals surface area (Å²) in [5.41, 5.74) is 6.46. The average molecular weight is 267 g/mol. The first-order valence-electron chi connectivity index (χ1n) is 6.80. The van der Waals surface area contributed by atoms with Crippen LogP contribution in [0.15, 0.2) is 24.3 Å². The van der Waals surface area contributed by atoms with Crippen molar-refractivity contribution in [2.45, 2.75) is 12.5 Å². The second-order valence-electron chi connectivity index (χ2n) is 4.98. The minimum atomic E-state index is -0.393. The van der Waals surface area contributed by atoms with E-state index in [9.17, 15) is 9.50 Å². The molecule has 0 aromatic heterocycles. The molecule has 1 fully saturated rings. The number of aliphatic hydroxyl groups is 1. The molecule has 0 aliphatic carbocycles. The molecule has 3 N–H and O–H groups in total.